The van der Waals surface area contributed by atoms with Gasteiger partial charge in [0.1, 0.15) is 5.82 Å². The molecule has 1 aromatic rings. The summed E-state index contributed by atoms with van der Waals surface area (Å²) in [5.74, 6) is -0.318. The van der Waals surface area contributed by atoms with E-state index in [-0.39, 0.29) is 11.8 Å². The van der Waals surface area contributed by atoms with Crippen LogP contribution in [0.4, 0.5) is 10.1 Å². The van der Waals surface area contributed by atoms with Crippen molar-refractivity contribution >= 4 is 11.7 Å². The summed E-state index contributed by atoms with van der Waals surface area (Å²) in [5.41, 5.74) is 0.682. The molecule has 110 valence electrons. The molecule has 1 heterocycles. The van der Waals surface area contributed by atoms with Gasteiger partial charge in [0, 0.05) is 32.6 Å². The first kappa shape index (κ1) is 14.8. The lowest BCUT2D eigenvalue weighted by Crippen LogP contribution is -2.47. The maximum absolute atomic E-state index is 13.7. The Labute approximate surface area is 119 Å². The molecular weight excluding hydrogens is 259 g/mol. The topological polar surface area (TPSA) is 32.8 Å². The van der Waals surface area contributed by atoms with E-state index < -0.39 is 0 Å². The molecule has 1 aliphatic rings. The number of ether oxygens (including phenoxy) is 1. The van der Waals surface area contributed by atoms with Gasteiger partial charge in [-0.25, -0.2) is 4.39 Å². The van der Waals surface area contributed by atoms with Gasteiger partial charge < -0.3 is 9.64 Å². The minimum absolute atomic E-state index is 0.157. The highest BCUT2D eigenvalue weighted by Gasteiger charge is 2.18. The van der Waals surface area contributed by atoms with E-state index >= 15 is 0 Å². The first-order valence-electron chi connectivity index (χ1n) is 6.99. The Kier molecular flexibility index (Phi) is 5.35. The lowest BCUT2D eigenvalue weighted by atomic mass is 10.2. The van der Waals surface area contributed by atoms with Crippen LogP contribution < -0.4 is 4.90 Å². The number of anilines is 1. The molecule has 0 bridgehead atoms. The number of piperazine rings is 1. The van der Waals surface area contributed by atoms with Crippen molar-refractivity contribution in [2.75, 3.05) is 44.7 Å². The van der Waals surface area contributed by atoms with Crippen LogP contribution in [0.5, 0.6) is 0 Å². The number of rotatable bonds is 5. The lowest BCUT2D eigenvalue weighted by molar-refractivity contribution is -0.140. The number of halogens is 1. The predicted molar refractivity (Wildman–Crippen MR) is 76.3 cm³/mol. The van der Waals surface area contributed by atoms with E-state index in [9.17, 15) is 9.18 Å². The van der Waals surface area contributed by atoms with Gasteiger partial charge in [-0.1, -0.05) is 12.1 Å². The van der Waals surface area contributed by atoms with Gasteiger partial charge in [-0.2, -0.15) is 0 Å². The molecular formula is C15H21FN2O2. The van der Waals surface area contributed by atoms with Gasteiger partial charge in [-0.3, -0.25) is 9.69 Å². The first-order valence-corrected chi connectivity index (χ1v) is 6.99. The Bertz CT molecular complexity index is 445. The monoisotopic (exact) mass is 280 g/mol. The summed E-state index contributed by atoms with van der Waals surface area (Å²) in [4.78, 5) is 15.4. The molecule has 20 heavy (non-hydrogen) atoms. The van der Waals surface area contributed by atoms with Crippen molar-refractivity contribution in [3.05, 3.63) is 30.1 Å². The van der Waals surface area contributed by atoms with Crippen LogP contribution in [-0.4, -0.2) is 50.7 Å². The van der Waals surface area contributed by atoms with Crippen LogP contribution in [-0.2, 0) is 9.53 Å². The van der Waals surface area contributed by atoms with Gasteiger partial charge in [0.25, 0.3) is 0 Å². The fourth-order valence-corrected chi connectivity index (χ4v) is 2.47. The van der Waals surface area contributed by atoms with E-state index in [2.05, 4.69) is 14.5 Å². The van der Waals surface area contributed by atoms with Crippen molar-refractivity contribution in [3.8, 4) is 0 Å². The van der Waals surface area contributed by atoms with Crippen LogP contribution >= 0.6 is 0 Å². The quantitative estimate of drug-likeness (QED) is 0.771. The zero-order chi connectivity index (χ0) is 14.4. The second kappa shape index (κ2) is 7.24. The molecule has 0 aliphatic carbocycles. The normalized spacial score (nSPS) is 16.2. The fourth-order valence-electron chi connectivity index (χ4n) is 2.47. The van der Waals surface area contributed by atoms with E-state index in [0.29, 0.717) is 12.1 Å². The highest BCUT2D eigenvalue weighted by molar-refractivity contribution is 5.69. The molecule has 0 radical (unpaired) electrons. The Morgan fingerprint density at radius 2 is 1.95 bits per heavy atom. The van der Waals surface area contributed by atoms with Gasteiger partial charge in [0.05, 0.1) is 12.8 Å². The maximum atomic E-state index is 13.7. The molecule has 2 rings (SSSR count). The van der Waals surface area contributed by atoms with Crippen LogP contribution in [0, 0.1) is 5.82 Å². The van der Waals surface area contributed by atoms with Crippen molar-refractivity contribution in [2.24, 2.45) is 0 Å². The summed E-state index contributed by atoms with van der Waals surface area (Å²) in [7, 11) is 1.41. The molecule has 5 heteroatoms. The van der Waals surface area contributed by atoms with Gasteiger partial charge >= 0.3 is 5.97 Å². The SMILES string of the molecule is COC(=O)CCCN1CCN(c2ccccc2F)CC1. The number of nitrogens with zero attached hydrogens (tertiary/aromatic N) is 2. The van der Waals surface area contributed by atoms with Crippen LogP contribution in [0.15, 0.2) is 24.3 Å². The molecule has 1 fully saturated rings. The molecule has 1 aliphatic heterocycles. The number of carbonyl (C=O) groups is 1. The molecule has 0 unspecified atom stereocenters. The summed E-state index contributed by atoms with van der Waals surface area (Å²) in [5, 5.41) is 0. The van der Waals surface area contributed by atoms with Crippen LogP contribution in [0.2, 0.25) is 0 Å². The summed E-state index contributed by atoms with van der Waals surface area (Å²) in [6, 6.07) is 6.89. The molecule has 0 spiro atoms. The van der Waals surface area contributed by atoms with E-state index in [0.717, 1.165) is 39.1 Å². The van der Waals surface area contributed by atoms with Crippen LogP contribution in [0.3, 0.4) is 0 Å². The number of para-hydroxylation sites is 1. The number of methoxy groups -OCH3 is 1. The summed E-state index contributed by atoms with van der Waals surface area (Å²) < 4.78 is 18.3. The number of esters is 1. The molecule has 0 saturated carbocycles. The third-order valence-electron chi connectivity index (χ3n) is 3.65. The van der Waals surface area contributed by atoms with Crippen LogP contribution in [0.1, 0.15) is 12.8 Å². The predicted octanol–water partition coefficient (Wildman–Crippen LogP) is 1.90. The number of hydrogen-bond acceptors (Lipinski definition) is 4. The summed E-state index contributed by atoms with van der Waals surface area (Å²) >= 11 is 0. The molecule has 1 saturated heterocycles. The molecule has 0 aromatic heterocycles. The molecule has 0 amide bonds. The van der Waals surface area contributed by atoms with Crippen molar-refractivity contribution in [1.29, 1.82) is 0 Å². The van der Waals surface area contributed by atoms with Gasteiger partial charge in [0.2, 0.25) is 0 Å². The van der Waals surface area contributed by atoms with Crippen molar-refractivity contribution in [2.45, 2.75) is 12.8 Å². The molecule has 0 N–H and O–H groups in total. The molecule has 0 atom stereocenters. The smallest absolute Gasteiger partial charge is 0.305 e. The van der Waals surface area contributed by atoms with Crippen molar-refractivity contribution in [1.82, 2.24) is 4.90 Å². The standard InChI is InChI=1S/C15H21FN2O2/c1-20-15(19)7-4-8-17-9-11-18(12-10-17)14-6-3-2-5-13(14)16/h2-3,5-6H,4,7-12H2,1H3. The van der Waals surface area contributed by atoms with E-state index in [1.807, 2.05) is 12.1 Å². The highest BCUT2D eigenvalue weighted by Crippen LogP contribution is 2.20. The largest absolute Gasteiger partial charge is 0.469 e. The van der Waals surface area contributed by atoms with E-state index in [1.165, 1.54) is 13.2 Å². The average Bonchev–Trinajstić information content (AvgIpc) is 2.48. The Morgan fingerprint density at radius 3 is 2.60 bits per heavy atom. The third-order valence-corrected chi connectivity index (χ3v) is 3.65. The van der Waals surface area contributed by atoms with Gasteiger partial charge in [0.15, 0.2) is 0 Å². The third kappa shape index (κ3) is 3.93. The molecule has 4 nitrogen and oxygen atoms in total. The minimum Gasteiger partial charge on any atom is -0.469 e. The Balaban J connectivity index is 1.75. The Morgan fingerprint density at radius 1 is 1.25 bits per heavy atom. The van der Waals surface area contributed by atoms with E-state index in [1.54, 1.807) is 6.07 Å². The van der Waals surface area contributed by atoms with E-state index in [4.69, 9.17) is 0 Å². The highest BCUT2D eigenvalue weighted by atomic mass is 19.1. The number of hydrogen-bond donors (Lipinski definition) is 0. The maximum Gasteiger partial charge on any atom is 0.305 e. The number of carbonyl (C=O) groups excluding carboxylic acids is 1. The summed E-state index contributed by atoms with van der Waals surface area (Å²) in [6.07, 6.45) is 1.27. The van der Waals surface area contributed by atoms with Gasteiger partial charge in [-0.15, -0.1) is 0 Å². The second-order valence-electron chi connectivity index (χ2n) is 4.96. The lowest BCUT2D eigenvalue weighted by Gasteiger charge is -2.36. The van der Waals surface area contributed by atoms with Crippen molar-refractivity contribution in [3.63, 3.8) is 0 Å². The number of benzene rings is 1. The van der Waals surface area contributed by atoms with Crippen LogP contribution in [0.25, 0.3) is 0 Å². The average molecular weight is 280 g/mol. The second-order valence-corrected chi connectivity index (χ2v) is 4.96. The summed E-state index contributed by atoms with van der Waals surface area (Å²) in [6.45, 7) is 4.32. The van der Waals surface area contributed by atoms with Crippen molar-refractivity contribution < 1.29 is 13.9 Å². The fraction of sp³-hybridized carbons (Fsp3) is 0.533. The Hall–Kier alpha value is -1.62. The molecule has 1 aromatic carbocycles. The minimum atomic E-state index is -0.161. The zero-order valence-electron chi connectivity index (χ0n) is 11.8. The van der Waals surface area contributed by atoms with Gasteiger partial charge in [-0.05, 0) is 25.1 Å². The zero-order valence-corrected chi connectivity index (χ0v) is 11.8. The first-order chi connectivity index (χ1) is 9.70.